The quantitative estimate of drug-likeness (QED) is 0.932. The number of rotatable bonds is 3. The topological polar surface area (TPSA) is 38.5 Å². The van der Waals surface area contributed by atoms with E-state index >= 15 is 0 Å². The van der Waals surface area contributed by atoms with Gasteiger partial charge < -0.3 is 10.5 Å². The van der Waals surface area contributed by atoms with Gasteiger partial charge in [-0.1, -0.05) is 23.7 Å². The number of hydrogen-bond acceptors (Lipinski definition) is 3. The van der Waals surface area contributed by atoms with Crippen LogP contribution in [0.3, 0.4) is 0 Å². The van der Waals surface area contributed by atoms with Crippen molar-refractivity contribution in [3.63, 3.8) is 0 Å². The van der Waals surface area contributed by atoms with Crippen molar-refractivity contribution >= 4 is 11.6 Å². The van der Waals surface area contributed by atoms with Crippen LogP contribution >= 0.6 is 11.6 Å². The summed E-state index contributed by atoms with van der Waals surface area (Å²) in [7, 11) is 0. The number of halogens is 2. The highest BCUT2D eigenvalue weighted by atomic mass is 35.5. The summed E-state index contributed by atoms with van der Waals surface area (Å²) in [6.07, 6.45) is 0.0926. The third-order valence-corrected chi connectivity index (χ3v) is 3.89. The van der Waals surface area contributed by atoms with Gasteiger partial charge in [-0.3, -0.25) is 4.90 Å². The van der Waals surface area contributed by atoms with Gasteiger partial charge in [0.05, 0.1) is 22.8 Å². The van der Waals surface area contributed by atoms with Crippen LogP contribution in [-0.2, 0) is 4.74 Å². The number of nitrogens with two attached hydrogens (primary N) is 1. The molecule has 112 valence electrons. The summed E-state index contributed by atoms with van der Waals surface area (Å²) in [5.41, 5.74) is 6.19. The Labute approximate surface area is 124 Å². The predicted molar refractivity (Wildman–Crippen MR) is 79.4 cm³/mol. The fraction of sp³-hybridized carbons (Fsp3) is 0.600. The Morgan fingerprint density at radius 2 is 2.25 bits per heavy atom. The molecule has 0 amide bonds. The van der Waals surface area contributed by atoms with Crippen LogP contribution < -0.4 is 5.73 Å². The van der Waals surface area contributed by atoms with Gasteiger partial charge in [-0.2, -0.15) is 0 Å². The first-order chi connectivity index (χ1) is 9.34. The van der Waals surface area contributed by atoms with Gasteiger partial charge in [0.2, 0.25) is 0 Å². The molecule has 2 N–H and O–H groups in total. The normalized spacial score (nSPS) is 24.6. The Kier molecular flexibility index (Phi) is 4.69. The Morgan fingerprint density at radius 1 is 1.55 bits per heavy atom. The summed E-state index contributed by atoms with van der Waals surface area (Å²) in [6.45, 7) is 7.90. The number of benzene rings is 1. The minimum Gasteiger partial charge on any atom is -0.370 e. The van der Waals surface area contributed by atoms with E-state index in [-0.39, 0.29) is 28.6 Å². The van der Waals surface area contributed by atoms with Crippen LogP contribution in [-0.4, -0.2) is 36.2 Å². The van der Waals surface area contributed by atoms with Gasteiger partial charge in [0, 0.05) is 25.2 Å². The molecule has 0 saturated carbocycles. The van der Waals surface area contributed by atoms with Crippen molar-refractivity contribution in [3.05, 3.63) is 34.6 Å². The molecule has 1 aliphatic rings. The third kappa shape index (κ3) is 3.31. The van der Waals surface area contributed by atoms with E-state index in [4.69, 9.17) is 22.1 Å². The smallest absolute Gasteiger partial charge is 0.146 e. The van der Waals surface area contributed by atoms with E-state index in [0.29, 0.717) is 18.7 Å². The van der Waals surface area contributed by atoms with E-state index in [1.165, 1.54) is 0 Å². The maximum atomic E-state index is 14.2. The largest absolute Gasteiger partial charge is 0.370 e. The molecule has 1 heterocycles. The second-order valence-electron chi connectivity index (χ2n) is 6.01. The number of ether oxygens (including phenoxy) is 1. The van der Waals surface area contributed by atoms with Crippen LogP contribution in [0.1, 0.15) is 32.4 Å². The van der Waals surface area contributed by atoms with Crippen LogP contribution in [0.25, 0.3) is 0 Å². The average molecular weight is 301 g/mol. The first kappa shape index (κ1) is 15.7. The summed E-state index contributed by atoms with van der Waals surface area (Å²) >= 11 is 5.88. The molecule has 2 rings (SSSR count). The fourth-order valence-electron chi connectivity index (χ4n) is 2.99. The molecule has 0 bridgehead atoms. The molecule has 1 fully saturated rings. The molecule has 0 radical (unpaired) electrons. The van der Waals surface area contributed by atoms with E-state index in [2.05, 4.69) is 4.90 Å². The number of morpholine rings is 1. The van der Waals surface area contributed by atoms with Gasteiger partial charge in [-0.25, -0.2) is 4.39 Å². The minimum absolute atomic E-state index is 0.0926. The van der Waals surface area contributed by atoms with E-state index in [1.54, 1.807) is 18.2 Å². The highest BCUT2D eigenvalue weighted by molar-refractivity contribution is 6.30. The Morgan fingerprint density at radius 3 is 2.85 bits per heavy atom. The van der Waals surface area contributed by atoms with Crippen molar-refractivity contribution in [1.82, 2.24) is 4.90 Å². The molecule has 20 heavy (non-hydrogen) atoms. The Balaban J connectivity index is 2.30. The highest BCUT2D eigenvalue weighted by Gasteiger charge is 2.35. The molecule has 0 spiro atoms. The van der Waals surface area contributed by atoms with E-state index in [0.717, 1.165) is 6.54 Å². The maximum Gasteiger partial charge on any atom is 0.146 e. The number of nitrogens with zero attached hydrogens (tertiary/aromatic N) is 1. The summed E-state index contributed by atoms with van der Waals surface area (Å²) in [5, 5.41) is 0.140. The zero-order valence-corrected chi connectivity index (χ0v) is 13.0. The molecule has 2 atom stereocenters. The van der Waals surface area contributed by atoms with Crippen molar-refractivity contribution < 1.29 is 9.13 Å². The Hall–Kier alpha value is -0.680. The lowest BCUT2D eigenvalue weighted by atomic mass is 9.99. The number of hydrogen-bond donors (Lipinski definition) is 1. The summed E-state index contributed by atoms with van der Waals surface area (Å²) in [4.78, 5) is 2.18. The molecular weight excluding hydrogens is 279 g/mol. The summed E-state index contributed by atoms with van der Waals surface area (Å²) in [5.74, 6) is -0.374. The standard InChI is InChI=1S/C15H22ClFN2O/c1-10-8-19(9-15(2,3)20-10)13(7-18)11-5-4-6-12(16)14(11)17/h4-6,10,13H,7-9,18H2,1-3H3. The lowest BCUT2D eigenvalue weighted by molar-refractivity contribution is -0.138. The van der Waals surface area contributed by atoms with Crippen LogP contribution in [0, 0.1) is 5.82 Å². The van der Waals surface area contributed by atoms with E-state index in [9.17, 15) is 4.39 Å². The second kappa shape index (κ2) is 5.98. The van der Waals surface area contributed by atoms with Gasteiger partial charge in [0.15, 0.2) is 0 Å². The van der Waals surface area contributed by atoms with Crippen LogP contribution in [0.15, 0.2) is 18.2 Å². The van der Waals surface area contributed by atoms with Gasteiger partial charge >= 0.3 is 0 Å². The van der Waals surface area contributed by atoms with Crippen LogP contribution in [0.4, 0.5) is 4.39 Å². The van der Waals surface area contributed by atoms with Crippen molar-refractivity contribution in [2.75, 3.05) is 19.6 Å². The molecule has 2 unspecified atom stereocenters. The van der Waals surface area contributed by atoms with Gasteiger partial charge in [0.25, 0.3) is 0 Å². The molecule has 1 aromatic carbocycles. The molecule has 1 aliphatic heterocycles. The SMILES string of the molecule is CC1CN(C(CN)c2cccc(Cl)c2F)CC(C)(C)O1. The van der Waals surface area contributed by atoms with Crippen LogP contribution in [0.2, 0.25) is 5.02 Å². The van der Waals surface area contributed by atoms with Crippen molar-refractivity contribution in [1.29, 1.82) is 0 Å². The van der Waals surface area contributed by atoms with Crippen molar-refractivity contribution in [2.24, 2.45) is 5.73 Å². The van der Waals surface area contributed by atoms with E-state index in [1.807, 2.05) is 20.8 Å². The van der Waals surface area contributed by atoms with Gasteiger partial charge in [-0.05, 0) is 26.8 Å². The lowest BCUT2D eigenvalue weighted by Crippen LogP contribution is -2.54. The second-order valence-corrected chi connectivity index (χ2v) is 6.42. The summed E-state index contributed by atoms with van der Waals surface area (Å²) < 4.78 is 20.1. The first-order valence-electron chi connectivity index (χ1n) is 6.90. The average Bonchev–Trinajstić information content (AvgIpc) is 2.33. The Bertz CT molecular complexity index is 481. The van der Waals surface area contributed by atoms with Gasteiger partial charge in [0.1, 0.15) is 5.82 Å². The maximum absolute atomic E-state index is 14.2. The molecule has 1 saturated heterocycles. The van der Waals surface area contributed by atoms with Crippen molar-refractivity contribution in [3.8, 4) is 0 Å². The molecule has 0 aliphatic carbocycles. The lowest BCUT2D eigenvalue weighted by Gasteiger charge is -2.45. The fourth-order valence-corrected chi connectivity index (χ4v) is 3.17. The predicted octanol–water partition coefficient (Wildman–Crippen LogP) is 2.98. The molecule has 0 aromatic heterocycles. The zero-order valence-electron chi connectivity index (χ0n) is 12.2. The third-order valence-electron chi connectivity index (χ3n) is 3.60. The molecule has 1 aromatic rings. The van der Waals surface area contributed by atoms with Crippen LogP contribution in [0.5, 0.6) is 0 Å². The van der Waals surface area contributed by atoms with Crippen molar-refractivity contribution in [2.45, 2.75) is 38.5 Å². The van der Waals surface area contributed by atoms with E-state index < -0.39 is 0 Å². The minimum atomic E-state index is -0.374. The molecular formula is C15H22ClFN2O. The molecule has 3 nitrogen and oxygen atoms in total. The first-order valence-corrected chi connectivity index (χ1v) is 7.27. The highest BCUT2D eigenvalue weighted by Crippen LogP contribution is 2.31. The molecule has 5 heteroatoms. The van der Waals surface area contributed by atoms with Gasteiger partial charge in [-0.15, -0.1) is 0 Å². The zero-order chi connectivity index (χ0) is 14.9. The monoisotopic (exact) mass is 300 g/mol. The summed E-state index contributed by atoms with van der Waals surface area (Å²) in [6, 6.07) is 4.89.